The van der Waals surface area contributed by atoms with Crippen molar-refractivity contribution in [1.29, 1.82) is 0 Å². The third-order valence-corrected chi connectivity index (χ3v) is 4.44. The summed E-state index contributed by atoms with van der Waals surface area (Å²) >= 11 is 5.95. The van der Waals surface area contributed by atoms with Crippen molar-refractivity contribution in [3.63, 3.8) is 0 Å². The first-order valence-corrected chi connectivity index (χ1v) is 7.51. The molecule has 4 nitrogen and oxygen atoms in total. The van der Waals surface area contributed by atoms with Crippen LogP contribution in [0.4, 0.5) is 5.69 Å². The molecule has 2 fully saturated rings. The van der Waals surface area contributed by atoms with Crippen molar-refractivity contribution in [2.75, 3.05) is 18.0 Å². The molecule has 2 saturated heterocycles. The molecule has 2 aliphatic rings. The topological polar surface area (TPSA) is 41.8 Å². The number of likely N-dealkylation sites (tertiary alicyclic amines) is 1. The number of anilines is 1. The lowest BCUT2D eigenvalue weighted by Crippen LogP contribution is -3.17. The number of benzene rings is 1. The molecule has 0 saturated carbocycles. The van der Waals surface area contributed by atoms with Crippen LogP contribution in [0.1, 0.15) is 25.7 Å². The molecule has 0 radical (unpaired) electrons. The van der Waals surface area contributed by atoms with Crippen LogP contribution in [0.2, 0.25) is 5.02 Å². The van der Waals surface area contributed by atoms with Gasteiger partial charge in [0.15, 0.2) is 6.04 Å². The van der Waals surface area contributed by atoms with Gasteiger partial charge in [0.1, 0.15) is 0 Å². The lowest BCUT2D eigenvalue weighted by Gasteiger charge is -2.27. The molecule has 3 rings (SSSR count). The fourth-order valence-electron chi connectivity index (χ4n) is 3.19. The van der Waals surface area contributed by atoms with Crippen LogP contribution in [0.3, 0.4) is 0 Å². The van der Waals surface area contributed by atoms with Crippen molar-refractivity contribution >= 4 is 29.1 Å². The lowest BCUT2D eigenvalue weighted by molar-refractivity contribution is -0.919. The van der Waals surface area contributed by atoms with Crippen LogP contribution in [0.25, 0.3) is 0 Å². The Hall–Kier alpha value is -1.39. The average Bonchev–Trinajstić information content (AvgIpc) is 2.75. The van der Waals surface area contributed by atoms with E-state index in [-0.39, 0.29) is 17.9 Å². The number of halogens is 1. The van der Waals surface area contributed by atoms with Gasteiger partial charge >= 0.3 is 0 Å². The van der Waals surface area contributed by atoms with E-state index in [0.717, 1.165) is 25.9 Å². The number of imide groups is 1. The van der Waals surface area contributed by atoms with Crippen molar-refractivity contribution in [2.45, 2.75) is 31.7 Å². The maximum Gasteiger partial charge on any atom is 0.292 e. The van der Waals surface area contributed by atoms with Crippen LogP contribution in [0, 0.1) is 0 Å². The molecule has 1 atom stereocenters. The van der Waals surface area contributed by atoms with Crippen LogP contribution >= 0.6 is 11.6 Å². The maximum atomic E-state index is 12.6. The van der Waals surface area contributed by atoms with Crippen molar-refractivity contribution in [1.82, 2.24) is 0 Å². The number of carbonyl (C=O) groups is 2. The quantitative estimate of drug-likeness (QED) is 0.828. The largest absolute Gasteiger partial charge is 0.324 e. The monoisotopic (exact) mass is 293 g/mol. The molecule has 106 valence electrons. The zero-order valence-electron chi connectivity index (χ0n) is 11.3. The lowest BCUT2D eigenvalue weighted by atomic mass is 10.1. The van der Waals surface area contributed by atoms with Crippen LogP contribution in [-0.2, 0) is 9.59 Å². The second-order valence-electron chi connectivity index (χ2n) is 5.52. The van der Waals surface area contributed by atoms with E-state index >= 15 is 0 Å². The van der Waals surface area contributed by atoms with E-state index in [2.05, 4.69) is 0 Å². The molecule has 2 aliphatic heterocycles. The summed E-state index contributed by atoms with van der Waals surface area (Å²) < 4.78 is 0. The van der Waals surface area contributed by atoms with Gasteiger partial charge in [0.25, 0.3) is 5.91 Å². The van der Waals surface area contributed by atoms with Gasteiger partial charge in [-0.2, -0.15) is 0 Å². The molecule has 0 bridgehead atoms. The number of rotatable bonds is 2. The number of carbonyl (C=O) groups excluding carboxylic acids is 2. The Kier molecular flexibility index (Phi) is 3.76. The Morgan fingerprint density at radius 2 is 1.90 bits per heavy atom. The van der Waals surface area contributed by atoms with E-state index in [1.807, 2.05) is 0 Å². The summed E-state index contributed by atoms with van der Waals surface area (Å²) in [5.41, 5.74) is 0.589. The van der Waals surface area contributed by atoms with Crippen molar-refractivity contribution in [3.8, 4) is 0 Å². The van der Waals surface area contributed by atoms with Crippen LogP contribution in [-0.4, -0.2) is 30.9 Å². The highest BCUT2D eigenvalue weighted by atomic mass is 35.5. The highest BCUT2D eigenvalue weighted by Crippen LogP contribution is 2.24. The van der Waals surface area contributed by atoms with Crippen LogP contribution in [0.5, 0.6) is 0 Å². The van der Waals surface area contributed by atoms with E-state index in [1.165, 1.54) is 16.2 Å². The summed E-state index contributed by atoms with van der Waals surface area (Å²) in [6.07, 6.45) is 3.84. The molecular formula is C15H18ClN2O2+. The van der Waals surface area contributed by atoms with Gasteiger partial charge in [0.05, 0.1) is 25.2 Å². The molecule has 1 aromatic rings. The molecule has 0 aromatic heterocycles. The molecule has 5 heteroatoms. The first-order chi connectivity index (χ1) is 9.66. The number of nitrogens with zero attached hydrogens (tertiary/aromatic N) is 1. The molecular weight excluding hydrogens is 276 g/mol. The fourth-order valence-corrected chi connectivity index (χ4v) is 3.38. The summed E-state index contributed by atoms with van der Waals surface area (Å²) in [6, 6.07) is 6.73. The van der Waals surface area contributed by atoms with E-state index in [4.69, 9.17) is 11.6 Å². The Labute approximate surface area is 123 Å². The minimum absolute atomic E-state index is 0.0748. The third-order valence-electron chi connectivity index (χ3n) is 4.20. The van der Waals surface area contributed by atoms with Crippen LogP contribution in [0.15, 0.2) is 24.3 Å². The Morgan fingerprint density at radius 1 is 1.15 bits per heavy atom. The SMILES string of the molecule is O=C1CC([NH+]2CCCCC2)C(=O)N1c1cccc(Cl)c1. The number of nitrogens with one attached hydrogen (secondary N) is 1. The molecule has 1 N–H and O–H groups in total. The van der Waals surface area contributed by atoms with Gasteiger partial charge in [-0.05, 0) is 37.5 Å². The maximum absolute atomic E-state index is 12.6. The van der Waals surface area contributed by atoms with E-state index in [0.29, 0.717) is 17.1 Å². The first-order valence-electron chi connectivity index (χ1n) is 7.14. The van der Waals surface area contributed by atoms with E-state index in [1.54, 1.807) is 24.3 Å². The summed E-state index contributed by atoms with van der Waals surface area (Å²) in [6.45, 7) is 1.99. The third kappa shape index (κ3) is 2.45. The number of hydrogen-bond donors (Lipinski definition) is 1. The zero-order chi connectivity index (χ0) is 14.1. The smallest absolute Gasteiger partial charge is 0.292 e. The number of piperidine rings is 1. The molecule has 2 amide bonds. The molecule has 1 aromatic carbocycles. The summed E-state index contributed by atoms with van der Waals surface area (Å²) in [5, 5.41) is 0.539. The fraction of sp³-hybridized carbons (Fsp3) is 0.467. The molecule has 1 unspecified atom stereocenters. The molecule has 0 aliphatic carbocycles. The highest BCUT2D eigenvalue weighted by Gasteiger charge is 2.45. The number of hydrogen-bond acceptors (Lipinski definition) is 2. The first kappa shape index (κ1) is 13.6. The zero-order valence-corrected chi connectivity index (χ0v) is 12.0. The number of quaternary nitrogens is 1. The van der Waals surface area contributed by atoms with Gasteiger partial charge < -0.3 is 4.90 Å². The van der Waals surface area contributed by atoms with Gasteiger partial charge in [-0.3, -0.25) is 9.59 Å². The van der Waals surface area contributed by atoms with Gasteiger partial charge in [-0.15, -0.1) is 0 Å². The van der Waals surface area contributed by atoms with Crippen molar-refractivity contribution < 1.29 is 14.5 Å². The normalized spacial score (nSPS) is 24.4. The minimum Gasteiger partial charge on any atom is -0.324 e. The summed E-state index contributed by atoms with van der Waals surface area (Å²) in [7, 11) is 0. The average molecular weight is 294 g/mol. The van der Waals surface area contributed by atoms with Crippen molar-refractivity contribution in [2.24, 2.45) is 0 Å². The second-order valence-corrected chi connectivity index (χ2v) is 5.96. The van der Waals surface area contributed by atoms with Gasteiger partial charge in [0.2, 0.25) is 5.91 Å². The van der Waals surface area contributed by atoms with Crippen LogP contribution < -0.4 is 9.80 Å². The molecule has 0 spiro atoms. The Bertz CT molecular complexity index is 540. The summed E-state index contributed by atoms with van der Waals surface area (Å²) in [5.74, 6) is -0.186. The van der Waals surface area contributed by atoms with Gasteiger partial charge in [-0.1, -0.05) is 17.7 Å². The predicted molar refractivity (Wildman–Crippen MR) is 76.9 cm³/mol. The Morgan fingerprint density at radius 3 is 2.60 bits per heavy atom. The Balaban J connectivity index is 1.83. The summed E-state index contributed by atoms with van der Waals surface area (Å²) in [4.78, 5) is 27.3. The minimum atomic E-state index is -0.207. The van der Waals surface area contributed by atoms with Gasteiger partial charge in [-0.25, -0.2) is 4.90 Å². The second kappa shape index (κ2) is 5.54. The van der Waals surface area contributed by atoms with E-state index < -0.39 is 0 Å². The molecule has 20 heavy (non-hydrogen) atoms. The van der Waals surface area contributed by atoms with Crippen molar-refractivity contribution in [3.05, 3.63) is 29.3 Å². The number of amides is 2. The standard InChI is InChI=1S/C15H17ClN2O2/c16-11-5-4-6-12(9-11)18-14(19)10-13(15(18)20)17-7-2-1-3-8-17/h4-6,9,13H,1-3,7-8,10H2/p+1. The van der Waals surface area contributed by atoms with E-state index in [9.17, 15) is 9.59 Å². The predicted octanol–water partition coefficient (Wildman–Crippen LogP) is 1.04. The molecule has 2 heterocycles. The van der Waals surface area contributed by atoms with Gasteiger partial charge in [0, 0.05) is 5.02 Å². The highest BCUT2D eigenvalue weighted by molar-refractivity contribution is 6.31.